The SMILES string of the molecule is Cc1nc2cc(N3CCOC(CO)C3)c([N+](=O)[O-])cc2s1. The highest BCUT2D eigenvalue weighted by Crippen LogP contribution is 2.35. The number of benzene rings is 1. The summed E-state index contributed by atoms with van der Waals surface area (Å²) in [6, 6.07) is 3.34. The summed E-state index contributed by atoms with van der Waals surface area (Å²) in [7, 11) is 0. The van der Waals surface area contributed by atoms with Gasteiger partial charge in [0.25, 0.3) is 5.69 Å². The maximum absolute atomic E-state index is 11.3. The molecule has 1 aliphatic rings. The first kappa shape index (κ1) is 14.2. The molecule has 1 aliphatic heterocycles. The zero-order valence-electron chi connectivity index (χ0n) is 11.5. The molecular formula is C13H15N3O4S. The number of morpholine rings is 1. The van der Waals surface area contributed by atoms with Crippen LogP contribution in [-0.2, 0) is 4.74 Å². The lowest BCUT2D eigenvalue weighted by Crippen LogP contribution is -2.44. The van der Waals surface area contributed by atoms with Crippen LogP contribution >= 0.6 is 11.3 Å². The van der Waals surface area contributed by atoms with Crippen molar-refractivity contribution in [2.45, 2.75) is 13.0 Å². The summed E-state index contributed by atoms with van der Waals surface area (Å²) in [5.41, 5.74) is 1.38. The van der Waals surface area contributed by atoms with Gasteiger partial charge >= 0.3 is 0 Å². The molecule has 1 saturated heterocycles. The van der Waals surface area contributed by atoms with Crippen molar-refractivity contribution in [1.29, 1.82) is 0 Å². The van der Waals surface area contributed by atoms with Crippen LogP contribution in [0, 0.1) is 17.0 Å². The minimum Gasteiger partial charge on any atom is -0.394 e. The topological polar surface area (TPSA) is 88.7 Å². The molecule has 7 nitrogen and oxygen atoms in total. The Morgan fingerprint density at radius 1 is 1.62 bits per heavy atom. The van der Waals surface area contributed by atoms with Gasteiger partial charge in [0.1, 0.15) is 5.69 Å². The van der Waals surface area contributed by atoms with Gasteiger partial charge in [-0.3, -0.25) is 10.1 Å². The van der Waals surface area contributed by atoms with Crippen LogP contribution < -0.4 is 4.90 Å². The van der Waals surface area contributed by atoms with Crippen LogP contribution in [-0.4, -0.2) is 47.4 Å². The molecule has 0 spiro atoms. The highest BCUT2D eigenvalue weighted by Gasteiger charge is 2.26. The lowest BCUT2D eigenvalue weighted by Gasteiger charge is -2.33. The number of fused-ring (bicyclic) bond motifs is 1. The number of anilines is 1. The number of aromatic nitrogens is 1. The standard InChI is InChI=1S/C13H15N3O4S/c1-8-14-10-4-11(12(16(18)19)5-13(10)21-8)15-2-3-20-9(6-15)7-17/h4-5,9,17H,2-3,6-7H2,1H3. The van der Waals surface area contributed by atoms with Gasteiger partial charge in [0.05, 0.1) is 39.5 Å². The number of thiazole rings is 1. The highest BCUT2D eigenvalue weighted by atomic mass is 32.1. The number of nitro groups is 1. The fraction of sp³-hybridized carbons (Fsp3) is 0.462. The molecule has 0 bridgehead atoms. The van der Waals surface area contributed by atoms with Crippen molar-refractivity contribution >= 4 is 32.9 Å². The molecule has 1 aromatic carbocycles. The molecule has 0 amide bonds. The number of ether oxygens (including phenoxy) is 1. The second kappa shape index (κ2) is 5.55. The molecule has 2 heterocycles. The van der Waals surface area contributed by atoms with E-state index in [1.807, 2.05) is 11.8 Å². The molecule has 0 aliphatic carbocycles. The maximum Gasteiger partial charge on any atom is 0.294 e. The Labute approximate surface area is 124 Å². The van der Waals surface area contributed by atoms with Crippen molar-refractivity contribution in [3.8, 4) is 0 Å². The minimum absolute atomic E-state index is 0.0738. The van der Waals surface area contributed by atoms with Crippen LogP contribution in [0.1, 0.15) is 5.01 Å². The monoisotopic (exact) mass is 309 g/mol. The zero-order chi connectivity index (χ0) is 15.0. The molecule has 0 radical (unpaired) electrons. The Balaban J connectivity index is 2.06. The molecule has 1 fully saturated rings. The van der Waals surface area contributed by atoms with E-state index in [1.165, 1.54) is 11.3 Å². The van der Waals surface area contributed by atoms with Crippen molar-refractivity contribution in [2.75, 3.05) is 31.2 Å². The first-order valence-corrected chi connectivity index (χ1v) is 7.43. The molecule has 0 saturated carbocycles. The molecule has 1 aromatic heterocycles. The van der Waals surface area contributed by atoms with Crippen molar-refractivity contribution in [2.24, 2.45) is 0 Å². The van der Waals surface area contributed by atoms with Gasteiger partial charge in [0, 0.05) is 19.2 Å². The average molecular weight is 309 g/mol. The fourth-order valence-corrected chi connectivity index (χ4v) is 3.36. The summed E-state index contributed by atoms with van der Waals surface area (Å²) in [5, 5.41) is 21.4. The summed E-state index contributed by atoms with van der Waals surface area (Å²) >= 11 is 1.45. The minimum atomic E-state index is -0.368. The van der Waals surface area contributed by atoms with Crippen LogP contribution in [0.3, 0.4) is 0 Å². The summed E-state index contributed by atoms with van der Waals surface area (Å²) in [4.78, 5) is 17.3. The van der Waals surface area contributed by atoms with Gasteiger partial charge < -0.3 is 14.7 Å². The Hall–Kier alpha value is -1.77. The Kier molecular flexibility index (Phi) is 3.75. The summed E-state index contributed by atoms with van der Waals surface area (Å²) < 4.78 is 6.21. The Bertz CT molecular complexity index is 687. The number of hydrogen-bond donors (Lipinski definition) is 1. The van der Waals surface area contributed by atoms with Crippen LogP contribution in [0.5, 0.6) is 0 Å². The predicted molar refractivity (Wildman–Crippen MR) is 80.1 cm³/mol. The molecule has 1 N–H and O–H groups in total. The third kappa shape index (κ3) is 2.69. The molecule has 8 heteroatoms. The van der Waals surface area contributed by atoms with E-state index >= 15 is 0 Å². The predicted octanol–water partition coefficient (Wildman–Crippen LogP) is 1.71. The van der Waals surface area contributed by atoms with Crippen LogP contribution in [0.15, 0.2) is 12.1 Å². The largest absolute Gasteiger partial charge is 0.394 e. The Morgan fingerprint density at radius 3 is 3.14 bits per heavy atom. The van der Waals surface area contributed by atoms with Gasteiger partial charge in [-0.2, -0.15) is 0 Å². The molecule has 21 heavy (non-hydrogen) atoms. The molecular weight excluding hydrogens is 294 g/mol. The zero-order valence-corrected chi connectivity index (χ0v) is 12.3. The van der Waals surface area contributed by atoms with Crippen molar-refractivity contribution < 1.29 is 14.8 Å². The third-order valence-electron chi connectivity index (χ3n) is 3.47. The number of hydrogen-bond acceptors (Lipinski definition) is 7. The van der Waals surface area contributed by atoms with Crippen LogP contribution in [0.2, 0.25) is 0 Å². The van der Waals surface area contributed by atoms with Crippen molar-refractivity contribution in [3.05, 3.63) is 27.3 Å². The lowest BCUT2D eigenvalue weighted by molar-refractivity contribution is -0.384. The first-order chi connectivity index (χ1) is 10.1. The van der Waals surface area contributed by atoms with Crippen LogP contribution in [0.25, 0.3) is 10.2 Å². The summed E-state index contributed by atoms with van der Waals surface area (Å²) in [6.07, 6.45) is -0.314. The van der Waals surface area contributed by atoms with Gasteiger partial charge in [0.2, 0.25) is 0 Å². The summed E-state index contributed by atoms with van der Waals surface area (Å²) in [5.74, 6) is 0. The molecule has 1 unspecified atom stereocenters. The number of aryl methyl sites for hydroxylation is 1. The highest BCUT2D eigenvalue weighted by molar-refractivity contribution is 7.18. The molecule has 2 aromatic rings. The molecule has 112 valence electrons. The quantitative estimate of drug-likeness (QED) is 0.686. The van der Waals surface area contributed by atoms with E-state index in [9.17, 15) is 15.2 Å². The summed E-state index contributed by atoms with van der Waals surface area (Å²) in [6.45, 7) is 3.23. The number of aliphatic hydroxyl groups is 1. The number of nitro benzene ring substituents is 1. The normalized spacial score (nSPS) is 19.1. The smallest absolute Gasteiger partial charge is 0.294 e. The van der Waals surface area contributed by atoms with Gasteiger partial charge in [-0.15, -0.1) is 11.3 Å². The van der Waals surface area contributed by atoms with Crippen molar-refractivity contribution in [1.82, 2.24) is 4.98 Å². The maximum atomic E-state index is 11.3. The van der Waals surface area contributed by atoms with E-state index in [-0.39, 0.29) is 23.3 Å². The van der Waals surface area contributed by atoms with E-state index in [0.29, 0.717) is 25.4 Å². The van der Waals surface area contributed by atoms with E-state index in [4.69, 9.17) is 4.74 Å². The number of nitrogens with zero attached hydrogens (tertiary/aromatic N) is 3. The van der Waals surface area contributed by atoms with E-state index in [2.05, 4.69) is 4.98 Å². The fourth-order valence-electron chi connectivity index (χ4n) is 2.52. The van der Waals surface area contributed by atoms with Crippen molar-refractivity contribution in [3.63, 3.8) is 0 Å². The van der Waals surface area contributed by atoms with Gasteiger partial charge in [0.15, 0.2) is 0 Å². The van der Waals surface area contributed by atoms with E-state index in [1.54, 1.807) is 12.1 Å². The van der Waals surface area contributed by atoms with E-state index in [0.717, 1.165) is 15.2 Å². The second-order valence-corrected chi connectivity index (χ2v) is 6.15. The average Bonchev–Trinajstić information content (AvgIpc) is 2.85. The van der Waals surface area contributed by atoms with Gasteiger partial charge in [-0.1, -0.05) is 0 Å². The molecule has 1 atom stereocenters. The number of aliphatic hydroxyl groups excluding tert-OH is 1. The van der Waals surface area contributed by atoms with E-state index < -0.39 is 0 Å². The Morgan fingerprint density at radius 2 is 2.43 bits per heavy atom. The lowest BCUT2D eigenvalue weighted by atomic mass is 10.2. The third-order valence-corrected chi connectivity index (χ3v) is 4.41. The van der Waals surface area contributed by atoms with Gasteiger partial charge in [-0.05, 0) is 13.0 Å². The molecule has 3 rings (SSSR count). The first-order valence-electron chi connectivity index (χ1n) is 6.61. The number of rotatable bonds is 3. The van der Waals surface area contributed by atoms with Gasteiger partial charge in [-0.25, -0.2) is 4.98 Å². The van der Waals surface area contributed by atoms with Crippen LogP contribution in [0.4, 0.5) is 11.4 Å². The second-order valence-electron chi connectivity index (χ2n) is 4.92.